The van der Waals surface area contributed by atoms with Crippen LogP contribution in [0.1, 0.15) is 38.4 Å². The Morgan fingerprint density at radius 2 is 1.90 bits per heavy atom. The summed E-state index contributed by atoms with van der Waals surface area (Å²) in [5, 5.41) is 0. The first kappa shape index (κ1) is 15.6. The van der Waals surface area contributed by atoms with Crippen molar-refractivity contribution in [3.05, 3.63) is 23.4 Å². The minimum absolute atomic E-state index is 0.551. The Morgan fingerprint density at radius 1 is 1.25 bits per heavy atom. The van der Waals surface area contributed by atoms with Crippen LogP contribution in [0, 0.1) is 0 Å². The quantitative estimate of drug-likeness (QED) is 0.795. The van der Waals surface area contributed by atoms with Crippen LogP contribution in [-0.4, -0.2) is 42.1 Å². The number of pyridine rings is 1. The predicted molar refractivity (Wildman–Crippen MR) is 86.7 cm³/mol. The van der Waals surface area contributed by atoms with E-state index in [9.17, 15) is 0 Å². The molecule has 0 saturated carbocycles. The van der Waals surface area contributed by atoms with E-state index in [1.165, 1.54) is 11.3 Å². The number of aromatic nitrogens is 1. The van der Waals surface area contributed by atoms with E-state index in [2.05, 4.69) is 49.8 Å². The van der Waals surface area contributed by atoms with E-state index in [1.807, 2.05) is 0 Å². The Bertz CT molecular complexity index is 437. The number of anilines is 1. The first-order valence-corrected chi connectivity index (χ1v) is 8.11. The zero-order chi connectivity index (χ0) is 14.7. The molecule has 0 aromatic carbocycles. The van der Waals surface area contributed by atoms with Gasteiger partial charge < -0.3 is 4.90 Å². The molecule has 20 heavy (non-hydrogen) atoms. The molecule has 0 N–H and O–H groups in total. The van der Waals surface area contributed by atoms with Gasteiger partial charge in [-0.2, -0.15) is 0 Å². The second-order valence-corrected chi connectivity index (χ2v) is 6.24. The van der Waals surface area contributed by atoms with Gasteiger partial charge in [0.25, 0.3) is 0 Å². The number of alkyl halides is 1. The van der Waals surface area contributed by atoms with E-state index in [1.54, 1.807) is 0 Å². The number of likely N-dealkylation sites (N-methyl/N-ethyl adjacent to an activating group) is 1. The molecule has 0 bridgehead atoms. The summed E-state index contributed by atoms with van der Waals surface area (Å²) in [6, 6.07) is 5.39. The molecule has 2 unspecified atom stereocenters. The molecule has 1 aromatic rings. The van der Waals surface area contributed by atoms with Crippen molar-refractivity contribution in [2.75, 3.05) is 25.0 Å². The molecule has 1 aliphatic rings. The van der Waals surface area contributed by atoms with Crippen molar-refractivity contribution < 1.29 is 0 Å². The number of nitrogens with zero attached hydrogens (tertiary/aromatic N) is 3. The summed E-state index contributed by atoms with van der Waals surface area (Å²) >= 11 is 6.04. The third-order valence-corrected chi connectivity index (χ3v) is 4.58. The molecule has 1 saturated heterocycles. The summed E-state index contributed by atoms with van der Waals surface area (Å²) in [7, 11) is 2.21. The van der Waals surface area contributed by atoms with E-state index >= 15 is 0 Å². The summed E-state index contributed by atoms with van der Waals surface area (Å²) in [5.74, 6) is 1.66. The van der Waals surface area contributed by atoms with Crippen molar-refractivity contribution in [2.24, 2.45) is 0 Å². The van der Waals surface area contributed by atoms with Crippen molar-refractivity contribution in [3.63, 3.8) is 0 Å². The molecule has 0 amide bonds. The van der Waals surface area contributed by atoms with E-state index in [-0.39, 0.29) is 0 Å². The van der Waals surface area contributed by atoms with Gasteiger partial charge >= 0.3 is 0 Å². The predicted octanol–water partition coefficient (Wildman–Crippen LogP) is 3.30. The fourth-order valence-electron chi connectivity index (χ4n) is 2.85. The van der Waals surface area contributed by atoms with Crippen molar-refractivity contribution in [1.82, 2.24) is 9.88 Å². The molecular weight excluding hydrogens is 270 g/mol. The number of halogens is 1. The highest BCUT2D eigenvalue weighted by Gasteiger charge is 2.27. The summed E-state index contributed by atoms with van der Waals surface area (Å²) < 4.78 is 0. The number of rotatable bonds is 4. The Kier molecular flexibility index (Phi) is 5.28. The van der Waals surface area contributed by atoms with Crippen LogP contribution in [0.15, 0.2) is 12.1 Å². The highest BCUT2D eigenvalue weighted by Crippen LogP contribution is 2.22. The second kappa shape index (κ2) is 6.77. The minimum atomic E-state index is 0.551. The van der Waals surface area contributed by atoms with Crippen LogP contribution in [0.2, 0.25) is 0 Å². The van der Waals surface area contributed by atoms with Gasteiger partial charge in [-0.25, -0.2) is 4.98 Å². The van der Waals surface area contributed by atoms with Crippen LogP contribution in [0.25, 0.3) is 0 Å². The van der Waals surface area contributed by atoms with Gasteiger partial charge in [0, 0.05) is 36.7 Å². The standard InChI is InChI=1S/C16H26ClN3/c1-5-6-15-7-14(9-17)8-16(18-15)20-10-12(2)19(4)13(3)11-20/h7-8,12-13H,5-6,9-11H2,1-4H3. The van der Waals surface area contributed by atoms with Crippen LogP contribution < -0.4 is 4.90 Å². The highest BCUT2D eigenvalue weighted by atomic mass is 35.5. The zero-order valence-electron chi connectivity index (χ0n) is 13.1. The largest absolute Gasteiger partial charge is 0.353 e. The van der Waals surface area contributed by atoms with Gasteiger partial charge in [0.05, 0.1) is 0 Å². The average molecular weight is 296 g/mol. The Hall–Kier alpha value is -0.800. The van der Waals surface area contributed by atoms with Crippen LogP contribution in [0.3, 0.4) is 0 Å². The lowest BCUT2D eigenvalue weighted by Gasteiger charge is -2.43. The molecule has 0 spiro atoms. The molecule has 0 aliphatic carbocycles. The molecule has 0 radical (unpaired) electrons. The second-order valence-electron chi connectivity index (χ2n) is 5.98. The normalized spacial score (nSPS) is 24.1. The first-order valence-electron chi connectivity index (χ1n) is 7.57. The molecule has 112 valence electrons. The lowest BCUT2D eigenvalue weighted by molar-refractivity contribution is 0.169. The van der Waals surface area contributed by atoms with Crippen LogP contribution >= 0.6 is 11.6 Å². The van der Waals surface area contributed by atoms with Gasteiger partial charge in [0.1, 0.15) is 5.82 Å². The summed E-state index contributed by atoms with van der Waals surface area (Å²) in [6.45, 7) is 8.81. The van der Waals surface area contributed by atoms with Crippen LogP contribution in [-0.2, 0) is 12.3 Å². The van der Waals surface area contributed by atoms with E-state index < -0.39 is 0 Å². The fourth-order valence-corrected chi connectivity index (χ4v) is 3.00. The van der Waals surface area contributed by atoms with Crippen molar-refractivity contribution in [2.45, 2.75) is 51.6 Å². The van der Waals surface area contributed by atoms with Crippen molar-refractivity contribution in [3.8, 4) is 0 Å². The molecule has 2 rings (SSSR count). The molecule has 2 atom stereocenters. The van der Waals surface area contributed by atoms with Gasteiger partial charge in [0.2, 0.25) is 0 Å². The number of hydrogen-bond acceptors (Lipinski definition) is 3. The Balaban J connectivity index is 2.25. The SMILES string of the molecule is CCCc1cc(CCl)cc(N2CC(C)N(C)C(C)C2)n1. The van der Waals surface area contributed by atoms with E-state index in [4.69, 9.17) is 16.6 Å². The van der Waals surface area contributed by atoms with E-state index in [0.717, 1.165) is 31.7 Å². The van der Waals surface area contributed by atoms with Gasteiger partial charge in [0.15, 0.2) is 0 Å². The maximum absolute atomic E-state index is 6.04. The molecule has 3 nitrogen and oxygen atoms in total. The fraction of sp³-hybridized carbons (Fsp3) is 0.688. The zero-order valence-corrected chi connectivity index (χ0v) is 13.8. The first-order chi connectivity index (χ1) is 9.55. The summed E-state index contributed by atoms with van der Waals surface area (Å²) in [6.07, 6.45) is 2.14. The topological polar surface area (TPSA) is 19.4 Å². The lowest BCUT2D eigenvalue weighted by atomic mass is 10.1. The third-order valence-electron chi connectivity index (χ3n) is 4.27. The Labute approximate surface area is 127 Å². The van der Waals surface area contributed by atoms with Gasteiger partial charge in [-0.1, -0.05) is 13.3 Å². The van der Waals surface area contributed by atoms with Crippen molar-refractivity contribution in [1.29, 1.82) is 0 Å². The van der Waals surface area contributed by atoms with Crippen LogP contribution in [0.4, 0.5) is 5.82 Å². The van der Waals surface area contributed by atoms with E-state index in [0.29, 0.717) is 18.0 Å². The molecule has 2 heterocycles. The minimum Gasteiger partial charge on any atom is -0.353 e. The molecular formula is C16H26ClN3. The van der Waals surface area contributed by atoms with Gasteiger partial charge in [-0.3, -0.25) is 4.90 Å². The number of hydrogen-bond donors (Lipinski definition) is 0. The Morgan fingerprint density at radius 3 is 2.45 bits per heavy atom. The highest BCUT2D eigenvalue weighted by molar-refractivity contribution is 6.17. The number of aryl methyl sites for hydroxylation is 1. The van der Waals surface area contributed by atoms with Crippen molar-refractivity contribution >= 4 is 17.4 Å². The average Bonchev–Trinajstić information content (AvgIpc) is 2.44. The maximum Gasteiger partial charge on any atom is 0.129 e. The molecule has 1 aromatic heterocycles. The molecule has 1 aliphatic heterocycles. The van der Waals surface area contributed by atoms with Gasteiger partial charge in [-0.15, -0.1) is 11.6 Å². The lowest BCUT2D eigenvalue weighted by Crippen LogP contribution is -2.55. The summed E-state index contributed by atoms with van der Waals surface area (Å²) in [4.78, 5) is 9.68. The molecule has 4 heteroatoms. The van der Waals surface area contributed by atoms with Crippen LogP contribution in [0.5, 0.6) is 0 Å². The number of piperazine rings is 1. The maximum atomic E-state index is 6.04. The third kappa shape index (κ3) is 3.44. The smallest absolute Gasteiger partial charge is 0.129 e. The summed E-state index contributed by atoms with van der Waals surface area (Å²) in [5.41, 5.74) is 2.35. The monoisotopic (exact) mass is 295 g/mol. The molecule has 1 fully saturated rings. The van der Waals surface area contributed by atoms with Gasteiger partial charge in [-0.05, 0) is 45.0 Å².